The number of carbonyl (C=O) groups excluding carboxylic acids is 1. The number of hydrogen-bond donors (Lipinski definition) is 3. The molecule has 2 aliphatic carbocycles. The molecule has 2 atom stereocenters. The molecule has 0 aliphatic heterocycles. The largest absolute Gasteiger partial charge is 0.396 e. The second-order valence-corrected chi connectivity index (χ2v) is 6.41. The van der Waals surface area contributed by atoms with Crippen LogP contribution in [0, 0.1) is 11.3 Å². The summed E-state index contributed by atoms with van der Waals surface area (Å²) in [6.45, 7) is 3.20. The molecule has 0 saturated heterocycles. The van der Waals surface area contributed by atoms with Gasteiger partial charge in [-0.2, -0.15) is 0 Å². The maximum atomic E-state index is 11.9. The topological polar surface area (TPSA) is 61.4 Å². The number of aliphatic hydroxyl groups is 1. The number of aliphatic hydroxyl groups excluding tert-OH is 1. The molecule has 2 fully saturated rings. The van der Waals surface area contributed by atoms with Gasteiger partial charge >= 0.3 is 6.03 Å². The van der Waals surface area contributed by atoms with E-state index in [9.17, 15) is 9.90 Å². The molecule has 0 spiro atoms. The van der Waals surface area contributed by atoms with E-state index in [4.69, 9.17) is 0 Å². The van der Waals surface area contributed by atoms with Crippen LogP contribution in [0.25, 0.3) is 0 Å². The molecule has 0 aromatic carbocycles. The zero-order valence-corrected chi connectivity index (χ0v) is 12.1. The third-order valence-corrected chi connectivity index (χ3v) is 4.82. The van der Waals surface area contributed by atoms with E-state index in [1.807, 2.05) is 0 Å². The lowest BCUT2D eigenvalue weighted by Crippen LogP contribution is -2.48. The van der Waals surface area contributed by atoms with Crippen molar-refractivity contribution in [3.05, 3.63) is 0 Å². The second-order valence-electron chi connectivity index (χ2n) is 6.41. The Balaban J connectivity index is 1.71. The zero-order chi connectivity index (χ0) is 13.7. The highest BCUT2D eigenvalue weighted by Crippen LogP contribution is 2.48. The van der Waals surface area contributed by atoms with Crippen molar-refractivity contribution in [2.75, 3.05) is 13.2 Å². The van der Waals surface area contributed by atoms with Gasteiger partial charge in [-0.25, -0.2) is 4.79 Å². The molecule has 0 heterocycles. The average molecular weight is 268 g/mol. The lowest BCUT2D eigenvalue weighted by Gasteiger charge is -2.31. The molecule has 2 rings (SSSR count). The molecule has 110 valence electrons. The van der Waals surface area contributed by atoms with Gasteiger partial charge < -0.3 is 15.7 Å². The van der Waals surface area contributed by atoms with Gasteiger partial charge in [0, 0.05) is 25.1 Å². The Morgan fingerprint density at radius 3 is 2.68 bits per heavy atom. The van der Waals surface area contributed by atoms with Gasteiger partial charge in [0.25, 0.3) is 0 Å². The van der Waals surface area contributed by atoms with Crippen LogP contribution < -0.4 is 10.6 Å². The van der Waals surface area contributed by atoms with Gasteiger partial charge in [-0.1, -0.05) is 26.2 Å². The van der Waals surface area contributed by atoms with E-state index < -0.39 is 0 Å². The van der Waals surface area contributed by atoms with E-state index in [1.165, 1.54) is 32.1 Å². The van der Waals surface area contributed by atoms with Crippen LogP contribution in [0.1, 0.15) is 58.3 Å². The highest BCUT2D eigenvalue weighted by molar-refractivity contribution is 5.74. The number of carbonyl (C=O) groups is 1. The van der Waals surface area contributed by atoms with Crippen LogP contribution in [0.5, 0.6) is 0 Å². The molecule has 0 aromatic heterocycles. The number of rotatable bonds is 6. The Kier molecular flexibility index (Phi) is 5.08. The van der Waals surface area contributed by atoms with E-state index in [-0.39, 0.29) is 24.6 Å². The van der Waals surface area contributed by atoms with Crippen molar-refractivity contribution in [2.45, 2.75) is 64.3 Å². The molecule has 19 heavy (non-hydrogen) atoms. The Morgan fingerprint density at radius 1 is 1.32 bits per heavy atom. The zero-order valence-electron chi connectivity index (χ0n) is 12.1. The van der Waals surface area contributed by atoms with Crippen LogP contribution in [-0.4, -0.2) is 30.3 Å². The number of hydrogen-bond acceptors (Lipinski definition) is 2. The molecule has 4 nitrogen and oxygen atoms in total. The predicted octanol–water partition coefficient (Wildman–Crippen LogP) is 2.42. The fourth-order valence-corrected chi connectivity index (χ4v) is 3.33. The van der Waals surface area contributed by atoms with Gasteiger partial charge in [-0.05, 0) is 37.5 Å². The van der Waals surface area contributed by atoms with Crippen LogP contribution in [-0.2, 0) is 0 Å². The van der Waals surface area contributed by atoms with E-state index in [0.717, 1.165) is 25.8 Å². The van der Waals surface area contributed by atoms with Gasteiger partial charge in [0.05, 0.1) is 0 Å². The Labute approximate surface area is 116 Å². The molecule has 2 aliphatic rings. The summed E-state index contributed by atoms with van der Waals surface area (Å²) in [5.41, 5.74) is 0.398. The van der Waals surface area contributed by atoms with Gasteiger partial charge in [-0.15, -0.1) is 0 Å². The maximum absolute atomic E-state index is 11.9. The van der Waals surface area contributed by atoms with Crippen molar-refractivity contribution in [3.63, 3.8) is 0 Å². The minimum absolute atomic E-state index is 0.0484. The molecular formula is C15H28N2O2. The van der Waals surface area contributed by atoms with E-state index in [2.05, 4.69) is 17.6 Å². The summed E-state index contributed by atoms with van der Waals surface area (Å²) in [5, 5.41) is 15.4. The van der Waals surface area contributed by atoms with Crippen LogP contribution >= 0.6 is 0 Å². The van der Waals surface area contributed by atoms with Crippen LogP contribution in [0.15, 0.2) is 0 Å². The summed E-state index contributed by atoms with van der Waals surface area (Å²) < 4.78 is 0. The Bertz CT molecular complexity index is 303. The van der Waals surface area contributed by atoms with Gasteiger partial charge in [0.15, 0.2) is 0 Å². The van der Waals surface area contributed by atoms with E-state index >= 15 is 0 Å². The summed E-state index contributed by atoms with van der Waals surface area (Å²) >= 11 is 0. The first-order chi connectivity index (χ1) is 9.19. The summed E-state index contributed by atoms with van der Waals surface area (Å²) in [4.78, 5) is 11.9. The van der Waals surface area contributed by atoms with Gasteiger partial charge in [0.1, 0.15) is 0 Å². The molecule has 2 unspecified atom stereocenters. The van der Waals surface area contributed by atoms with Crippen molar-refractivity contribution in [3.8, 4) is 0 Å². The molecule has 3 N–H and O–H groups in total. The van der Waals surface area contributed by atoms with Gasteiger partial charge in [0.2, 0.25) is 0 Å². The maximum Gasteiger partial charge on any atom is 0.315 e. The van der Waals surface area contributed by atoms with Gasteiger partial charge in [-0.3, -0.25) is 0 Å². The van der Waals surface area contributed by atoms with Crippen molar-refractivity contribution in [1.82, 2.24) is 10.6 Å². The fourth-order valence-electron chi connectivity index (χ4n) is 3.33. The van der Waals surface area contributed by atoms with Crippen molar-refractivity contribution in [2.24, 2.45) is 11.3 Å². The average Bonchev–Trinajstić information content (AvgIpc) is 3.18. The summed E-state index contributed by atoms with van der Waals surface area (Å²) in [6.07, 6.45) is 9.27. The smallest absolute Gasteiger partial charge is 0.315 e. The molecule has 2 saturated carbocycles. The first kappa shape index (κ1) is 14.6. The minimum Gasteiger partial charge on any atom is -0.396 e. The molecule has 4 heteroatoms. The molecule has 0 aromatic rings. The third-order valence-electron chi connectivity index (χ3n) is 4.82. The number of nitrogens with one attached hydrogen (secondary N) is 2. The summed E-state index contributed by atoms with van der Waals surface area (Å²) in [5.74, 6) is 0.241. The van der Waals surface area contributed by atoms with Crippen molar-refractivity contribution < 1.29 is 9.90 Å². The SMILES string of the molecule is CCCC1(CNC(=O)NC2CCCCC2CO)CC1. The van der Waals surface area contributed by atoms with Crippen molar-refractivity contribution >= 4 is 6.03 Å². The molecule has 0 bridgehead atoms. The van der Waals surface area contributed by atoms with Crippen LogP contribution in [0.2, 0.25) is 0 Å². The fraction of sp³-hybridized carbons (Fsp3) is 0.933. The first-order valence-electron chi connectivity index (χ1n) is 7.84. The Hall–Kier alpha value is -0.770. The highest BCUT2D eigenvalue weighted by Gasteiger charge is 2.41. The quantitative estimate of drug-likeness (QED) is 0.693. The van der Waals surface area contributed by atoms with Crippen LogP contribution in [0.4, 0.5) is 4.79 Å². The Morgan fingerprint density at radius 2 is 2.05 bits per heavy atom. The predicted molar refractivity (Wildman–Crippen MR) is 75.9 cm³/mol. The van der Waals surface area contributed by atoms with Crippen molar-refractivity contribution in [1.29, 1.82) is 0 Å². The lowest BCUT2D eigenvalue weighted by molar-refractivity contribution is 0.153. The third kappa shape index (κ3) is 4.10. The second kappa shape index (κ2) is 6.60. The highest BCUT2D eigenvalue weighted by atomic mass is 16.3. The van der Waals surface area contributed by atoms with Crippen LogP contribution in [0.3, 0.4) is 0 Å². The normalized spacial score (nSPS) is 28.7. The molecular weight excluding hydrogens is 240 g/mol. The standard InChI is InChI=1S/C15H28N2O2/c1-2-7-15(8-9-15)11-16-14(19)17-13-6-4-3-5-12(13)10-18/h12-13,18H,2-11H2,1H3,(H2,16,17,19). The number of urea groups is 1. The monoisotopic (exact) mass is 268 g/mol. The van der Waals surface area contributed by atoms with E-state index in [0.29, 0.717) is 5.41 Å². The lowest BCUT2D eigenvalue weighted by atomic mass is 9.85. The first-order valence-corrected chi connectivity index (χ1v) is 7.84. The summed E-state index contributed by atoms with van der Waals surface area (Å²) in [7, 11) is 0. The molecule has 0 radical (unpaired) electrons. The number of amides is 2. The molecule has 2 amide bonds. The minimum atomic E-state index is -0.0484. The van der Waals surface area contributed by atoms with E-state index in [1.54, 1.807) is 0 Å². The summed E-state index contributed by atoms with van der Waals surface area (Å²) in [6, 6.07) is 0.104.